The molecule has 2 saturated heterocycles. The zero-order valence-electron chi connectivity index (χ0n) is 16.2. The molecule has 3 aliphatic rings. The summed E-state index contributed by atoms with van der Waals surface area (Å²) < 4.78 is 0. The molecule has 1 aromatic rings. The van der Waals surface area contributed by atoms with Crippen molar-refractivity contribution in [2.45, 2.75) is 44.2 Å². The van der Waals surface area contributed by atoms with Crippen molar-refractivity contribution in [1.29, 1.82) is 0 Å². The fourth-order valence-corrected chi connectivity index (χ4v) is 4.73. The minimum atomic E-state index is -0.916. The molecule has 1 aromatic carbocycles. The summed E-state index contributed by atoms with van der Waals surface area (Å²) in [6.45, 7) is 3.95. The fraction of sp³-hybridized carbons (Fsp3) is 0.550. The first-order valence-electron chi connectivity index (χ1n) is 9.93. The lowest BCUT2D eigenvalue weighted by Gasteiger charge is -2.41. The van der Waals surface area contributed by atoms with Crippen molar-refractivity contribution in [3.8, 4) is 0 Å². The number of carbonyl (C=O) groups is 3. The molecule has 7 nitrogen and oxygen atoms in total. The van der Waals surface area contributed by atoms with Crippen LogP contribution >= 0.6 is 23.2 Å². The minimum Gasteiger partial charge on any atom is -0.365 e. The first kappa shape index (κ1) is 20.3. The summed E-state index contributed by atoms with van der Waals surface area (Å²) in [6, 6.07) is 5.22. The van der Waals surface area contributed by atoms with Gasteiger partial charge in [0.2, 0.25) is 5.91 Å². The van der Waals surface area contributed by atoms with Crippen molar-refractivity contribution in [1.82, 2.24) is 15.5 Å². The van der Waals surface area contributed by atoms with Crippen molar-refractivity contribution in [2.24, 2.45) is 5.92 Å². The number of anilines is 1. The van der Waals surface area contributed by atoms with E-state index >= 15 is 0 Å². The van der Waals surface area contributed by atoms with Crippen molar-refractivity contribution in [3.63, 3.8) is 0 Å². The Labute approximate surface area is 179 Å². The third-order valence-corrected chi connectivity index (χ3v) is 6.93. The molecule has 156 valence electrons. The van der Waals surface area contributed by atoms with Crippen molar-refractivity contribution < 1.29 is 14.4 Å². The lowest BCUT2D eigenvalue weighted by molar-refractivity contribution is -0.133. The van der Waals surface area contributed by atoms with E-state index in [4.69, 9.17) is 23.2 Å². The minimum absolute atomic E-state index is 0.0135. The summed E-state index contributed by atoms with van der Waals surface area (Å²) in [5.41, 5.74) is 0.0669. The van der Waals surface area contributed by atoms with Crippen molar-refractivity contribution >= 4 is 46.7 Å². The first-order valence-corrected chi connectivity index (χ1v) is 10.7. The molecule has 2 N–H and O–H groups in total. The van der Waals surface area contributed by atoms with Gasteiger partial charge in [0.15, 0.2) is 0 Å². The van der Waals surface area contributed by atoms with Gasteiger partial charge < -0.3 is 15.1 Å². The number of rotatable bonds is 5. The van der Waals surface area contributed by atoms with Gasteiger partial charge in [0.05, 0.1) is 10.0 Å². The van der Waals surface area contributed by atoms with Crippen LogP contribution in [0.1, 0.15) is 32.6 Å². The second-order valence-electron chi connectivity index (χ2n) is 8.13. The highest BCUT2D eigenvalue weighted by Crippen LogP contribution is 2.43. The van der Waals surface area contributed by atoms with Crippen LogP contribution in [0.15, 0.2) is 18.2 Å². The summed E-state index contributed by atoms with van der Waals surface area (Å²) in [7, 11) is 0. The zero-order chi connectivity index (χ0) is 20.8. The Morgan fingerprint density at radius 1 is 1.21 bits per heavy atom. The van der Waals surface area contributed by atoms with Crippen LogP contribution in [0, 0.1) is 5.92 Å². The smallest absolute Gasteiger partial charge is 0.322 e. The highest BCUT2D eigenvalue weighted by Gasteiger charge is 2.55. The largest absolute Gasteiger partial charge is 0.365 e. The molecule has 0 bridgehead atoms. The van der Waals surface area contributed by atoms with Crippen molar-refractivity contribution in [3.05, 3.63) is 28.2 Å². The number of benzene rings is 1. The summed E-state index contributed by atoms with van der Waals surface area (Å²) in [5.74, 6) is -0.151. The Kier molecular flexibility index (Phi) is 5.38. The highest BCUT2D eigenvalue weighted by molar-refractivity contribution is 6.42. The number of imide groups is 1. The Morgan fingerprint density at radius 3 is 2.55 bits per heavy atom. The van der Waals surface area contributed by atoms with E-state index < -0.39 is 11.6 Å². The fourth-order valence-electron chi connectivity index (χ4n) is 4.44. The van der Waals surface area contributed by atoms with Crippen LogP contribution in [0.3, 0.4) is 0 Å². The SMILES string of the molecule is C[C@H]1CN(C(=O)CCC2(C3CC3)NC(=O)NC2=O)CCN1c1ccc(Cl)c(Cl)c1. The lowest BCUT2D eigenvalue weighted by atomic mass is 9.87. The van der Waals surface area contributed by atoms with Crippen LogP contribution in [-0.4, -0.2) is 54.0 Å². The number of hydrogen-bond acceptors (Lipinski definition) is 4. The molecule has 2 heterocycles. The topological polar surface area (TPSA) is 81.8 Å². The quantitative estimate of drug-likeness (QED) is 0.692. The molecule has 0 spiro atoms. The molecule has 3 fully saturated rings. The Bertz CT molecular complexity index is 860. The normalized spacial score (nSPS) is 27.1. The molecule has 0 radical (unpaired) electrons. The molecular formula is C20H24Cl2N4O3. The monoisotopic (exact) mass is 438 g/mol. The summed E-state index contributed by atoms with van der Waals surface area (Å²) in [4.78, 5) is 40.9. The summed E-state index contributed by atoms with van der Waals surface area (Å²) in [5, 5.41) is 6.14. The number of carbonyl (C=O) groups excluding carboxylic acids is 3. The average molecular weight is 439 g/mol. The Morgan fingerprint density at radius 2 is 1.97 bits per heavy atom. The number of nitrogens with one attached hydrogen (secondary N) is 2. The van der Waals surface area contributed by atoms with Crippen molar-refractivity contribution in [2.75, 3.05) is 24.5 Å². The highest BCUT2D eigenvalue weighted by atomic mass is 35.5. The number of piperazine rings is 1. The molecule has 4 amide bonds. The van der Waals surface area contributed by atoms with Gasteiger partial charge in [-0.3, -0.25) is 14.9 Å². The van der Waals surface area contributed by atoms with E-state index in [1.807, 2.05) is 17.0 Å². The third-order valence-electron chi connectivity index (χ3n) is 6.19. The van der Waals surface area contributed by atoms with E-state index in [0.717, 1.165) is 18.5 Å². The third kappa shape index (κ3) is 3.90. The van der Waals surface area contributed by atoms with Gasteiger partial charge in [0, 0.05) is 37.8 Å². The van der Waals surface area contributed by atoms with Gasteiger partial charge in [-0.25, -0.2) is 4.79 Å². The van der Waals surface area contributed by atoms with Gasteiger partial charge in [-0.2, -0.15) is 0 Å². The van der Waals surface area contributed by atoms with E-state index in [1.165, 1.54) is 0 Å². The second kappa shape index (κ2) is 7.69. The second-order valence-corrected chi connectivity index (χ2v) is 8.95. The molecule has 9 heteroatoms. The van der Waals surface area contributed by atoms with Gasteiger partial charge in [-0.1, -0.05) is 23.2 Å². The molecule has 1 unspecified atom stereocenters. The predicted octanol–water partition coefficient (Wildman–Crippen LogP) is 2.80. The predicted molar refractivity (Wildman–Crippen MR) is 111 cm³/mol. The van der Waals surface area contributed by atoms with Crippen LogP contribution < -0.4 is 15.5 Å². The molecule has 1 aliphatic carbocycles. The summed E-state index contributed by atoms with van der Waals surface area (Å²) >= 11 is 12.2. The maximum atomic E-state index is 12.8. The van der Waals surface area contributed by atoms with Crippen LogP contribution in [-0.2, 0) is 9.59 Å². The van der Waals surface area contributed by atoms with Gasteiger partial charge in [-0.15, -0.1) is 0 Å². The van der Waals surface area contributed by atoms with E-state index in [-0.39, 0.29) is 30.2 Å². The number of nitrogens with zero attached hydrogens (tertiary/aromatic N) is 2. The van der Waals surface area contributed by atoms with E-state index in [9.17, 15) is 14.4 Å². The van der Waals surface area contributed by atoms with Crippen LogP contribution in [0.25, 0.3) is 0 Å². The molecule has 1 saturated carbocycles. The average Bonchev–Trinajstić information content (AvgIpc) is 3.48. The molecule has 4 rings (SSSR count). The zero-order valence-corrected chi connectivity index (χ0v) is 17.7. The summed E-state index contributed by atoms with van der Waals surface area (Å²) in [6.07, 6.45) is 2.39. The maximum absolute atomic E-state index is 12.8. The first-order chi connectivity index (χ1) is 13.8. The number of urea groups is 1. The number of halogens is 2. The Balaban J connectivity index is 1.36. The number of hydrogen-bond donors (Lipinski definition) is 2. The molecule has 2 aliphatic heterocycles. The number of amides is 4. The molecule has 2 atom stereocenters. The van der Waals surface area contributed by atoms with Crippen LogP contribution in [0.2, 0.25) is 10.0 Å². The van der Waals surface area contributed by atoms with E-state index in [1.54, 1.807) is 6.07 Å². The van der Waals surface area contributed by atoms with Gasteiger partial charge in [-0.05, 0) is 50.3 Å². The molecule has 0 aromatic heterocycles. The van der Waals surface area contributed by atoms with Crippen LogP contribution in [0.4, 0.5) is 10.5 Å². The molecule has 29 heavy (non-hydrogen) atoms. The maximum Gasteiger partial charge on any atom is 0.322 e. The van der Waals surface area contributed by atoms with E-state index in [0.29, 0.717) is 36.1 Å². The van der Waals surface area contributed by atoms with E-state index in [2.05, 4.69) is 22.5 Å². The van der Waals surface area contributed by atoms with Crippen LogP contribution in [0.5, 0.6) is 0 Å². The lowest BCUT2D eigenvalue weighted by Crippen LogP contribution is -2.54. The Hall–Kier alpha value is -1.99. The van der Waals surface area contributed by atoms with Gasteiger partial charge in [0.25, 0.3) is 5.91 Å². The van der Waals surface area contributed by atoms with Gasteiger partial charge in [0.1, 0.15) is 5.54 Å². The van der Waals surface area contributed by atoms with Gasteiger partial charge >= 0.3 is 6.03 Å². The molecular weight excluding hydrogens is 415 g/mol. The standard InChI is InChI=1S/C20H24Cl2N4O3/c1-12-11-25(8-9-26(12)14-4-5-15(21)16(22)10-14)17(27)6-7-20(13-2-3-13)18(28)23-19(29)24-20/h4-5,10,12-13H,2-3,6-9,11H2,1H3,(H2,23,24,28,29)/t12-,20?/m0/s1.